The Labute approximate surface area is 125 Å². The molecule has 1 saturated heterocycles. The van der Waals surface area contributed by atoms with Crippen molar-refractivity contribution in [2.24, 2.45) is 5.92 Å². The lowest BCUT2D eigenvalue weighted by atomic mass is 9.85. The minimum Gasteiger partial charge on any atom is -0.427 e. The summed E-state index contributed by atoms with van der Waals surface area (Å²) < 4.78 is 10.6. The summed E-state index contributed by atoms with van der Waals surface area (Å²) in [6, 6.07) is -0.275. The summed E-state index contributed by atoms with van der Waals surface area (Å²) in [6.45, 7) is 6.57. The van der Waals surface area contributed by atoms with E-state index in [1.54, 1.807) is 26.8 Å². The molecule has 0 aliphatic carbocycles. The van der Waals surface area contributed by atoms with E-state index >= 15 is 0 Å². The first-order valence-electron chi connectivity index (χ1n) is 7.42. The van der Waals surface area contributed by atoms with Crippen molar-refractivity contribution in [1.82, 2.24) is 4.90 Å². The maximum atomic E-state index is 12.5. The first-order valence-corrected chi connectivity index (χ1v) is 7.42. The van der Waals surface area contributed by atoms with E-state index in [2.05, 4.69) is 4.90 Å². The molecule has 0 bridgehead atoms. The molecule has 0 amide bonds. The minimum atomic E-state index is -1.72. The number of ether oxygens (including phenoxy) is 2. The van der Waals surface area contributed by atoms with Gasteiger partial charge in [0.2, 0.25) is 0 Å². The van der Waals surface area contributed by atoms with E-state index in [9.17, 15) is 15.0 Å². The molecule has 0 unspecified atom stereocenters. The fourth-order valence-electron chi connectivity index (χ4n) is 3.08. The van der Waals surface area contributed by atoms with Crippen LogP contribution in [-0.4, -0.2) is 65.1 Å². The predicted molar refractivity (Wildman–Crippen MR) is 76.4 cm³/mol. The van der Waals surface area contributed by atoms with Gasteiger partial charge in [0.05, 0.1) is 18.2 Å². The van der Waals surface area contributed by atoms with Crippen LogP contribution in [0.5, 0.6) is 0 Å². The van der Waals surface area contributed by atoms with Crippen LogP contribution in [0.15, 0.2) is 11.8 Å². The van der Waals surface area contributed by atoms with Crippen LogP contribution < -0.4 is 0 Å². The van der Waals surface area contributed by atoms with Gasteiger partial charge in [0, 0.05) is 20.2 Å². The Balaban J connectivity index is 2.13. The molecule has 1 fully saturated rings. The van der Waals surface area contributed by atoms with Crippen molar-refractivity contribution in [3.8, 4) is 0 Å². The molecule has 0 radical (unpaired) electrons. The summed E-state index contributed by atoms with van der Waals surface area (Å²) in [5.41, 5.74) is -1.72. The Morgan fingerprint density at radius 2 is 2.14 bits per heavy atom. The molecule has 6 heteroatoms. The quantitative estimate of drug-likeness (QED) is 0.710. The Kier molecular flexibility index (Phi) is 4.72. The number of nitrogens with zero attached hydrogens (tertiary/aromatic N) is 1. The molecule has 0 aromatic rings. The molecule has 0 saturated carbocycles. The van der Waals surface area contributed by atoms with Crippen LogP contribution in [0.4, 0.5) is 0 Å². The Hall–Kier alpha value is -0.950. The van der Waals surface area contributed by atoms with Gasteiger partial charge in [-0.1, -0.05) is 13.8 Å². The van der Waals surface area contributed by atoms with E-state index in [-0.39, 0.29) is 12.0 Å². The van der Waals surface area contributed by atoms with Crippen molar-refractivity contribution >= 4 is 5.97 Å². The number of carbonyl (C=O) groups is 1. The molecule has 0 aromatic heterocycles. The summed E-state index contributed by atoms with van der Waals surface area (Å²) in [4.78, 5) is 14.5. The molecule has 0 spiro atoms. The van der Waals surface area contributed by atoms with Gasteiger partial charge in [-0.3, -0.25) is 4.90 Å². The highest BCUT2D eigenvalue weighted by Crippen LogP contribution is 2.32. The Morgan fingerprint density at radius 1 is 1.48 bits per heavy atom. The van der Waals surface area contributed by atoms with Crippen molar-refractivity contribution in [2.75, 3.05) is 20.2 Å². The zero-order chi connectivity index (χ0) is 15.8. The predicted octanol–water partition coefficient (Wildman–Crippen LogP) is 0.284. The highest BCUT2D eigenvalue weighted by atomic mass is 16.6. The van der Waals surface area contributed by atoms with Crippen molar-refractivity contribution in [1.29, 1.82) is 0 Å². The molecular formula is C15H25NO5. The number of aliphatic hydroxyl groups excluding tert-OH is 1. The average Bonchev–Trinajstić information content (AvgIpc) is 3.01. The van der Waals surface area contributed by atoms with Crippen LogP contribution in [-0.2, 0) is 14.3 Å². The van der Waals surface area contributed by atoms with Crippen molar-refractivity contribution < 1.29 is 24.5 Å². The second-order valence-corrected chi connectivity index (χ2v) is 6.15. The maximum Gasteiger partial charge on any atom is 0.346 e. The van der Waals surface area contributed by atoms with Crippen LogP contribution in [0.1, 0.15) is 27.2 Å². The van der Waals surface area contributed by atoms with Crippen molar-refractivity contribution in [3.63, 3.8) is 0 Å². The molecule has 4 atom stereocenters. The largest absolute Gasteiger partial charge is 0.427 e. The number of methoxy groups -OCH3 is 1. The monoisotopic (exact) mass is 299 g/mol. The normalized spacial score (nSPS) is 30.0. The van der Waals surface area contributed by atoms with E-state index in [1.165, 1.54) is 7.11 Å². The molecule has 120 valence electrons. The lowest BCUT2D eigenvalue weighted by Crippen LogP contribution is -2.54. The smallest absolute Gasteiger partial charge is 0.346 e. The number of aliphatic hydroxyl groups is 2. The Bertz CT molecular complexity index is 436. The number of rotatable bonds is 5. The van der Waals surface area contributed by atoms with Gasteiger partial charge in [0.25, 0.3) is 0 Å². The van der Waals surface area contributed by atoms with Gasteiger partial charge in [-0.05, 0) is 25.3 Å². The molecule has 2 heterocycles. The second kappa shape index (κ2) is 6.04. The highest BCUT2D eigenvalue weighted by molar-refractivity contribution is 5.81. The molecule has 2 rings (SSSR count). The minimum absolute atomic E-state index is 0.275. The van der Waals surface area contributed by atoms with Crippen LogP contribution in [0.25, 0.3) is 0 Å². The van der Waals surface area contributed by atoms with Gasteiger partial charge in [0.1, 0.15) is 5.76 Å². The van der Waals surface area contributed by atoms with Gasteiger partial charge < -0.3 is 19.7 Å². The number of fused-ring (bicyclic) bond motifs is 1. The number of hydrogen-bond donors (Lipinski definition) is 2. The van der Waals surface area contributed by atoms with Gasteiger partial charge in [-0.15, -0.1) is 0 Å². The Morgan fingerprint density at radius 3 is 2.71 bits per heavy atom. The highest BCUT2D eigenvalue weighted by Gasteiger charge is 2.49. The van der Waals surface area contributed by atoms with Gasteiger partial charge in [-0.25, -0.2) is 4.79 Å². The molecular weight excluding hydrogens is 274 g/mol. The number of esters is 1. The van der Waals surface area contributed by atoms with Crippen LogP contribution >= 0.6 is 0 Å². The SMILES string of the molecule is CO[C@@H](C)[C@](O)(C(=O)OC1=CCN2CC[C@H](O)[C@@H]12)C(C)C. The molecule has 2 N–H and O–H groups in total. The summed E-state index contributed by atoms with van der Waals surface area (Å²) in [6.07, 6.45) is 1.25. The summed E-state index contributed by atoms with van der Waals surface area (Å²) in [5.74, 6) is -0.641. The van der Waals surface area contributed by atoms with Crippen LogP contribution in [0.2, 0.25) is 0 Å². The fraction of sp³-hybridized carbons (Fsp3) is 0.800. The van der Waals surface area contributed by atoms with Gasteiger partial charge >= 0.3 is 5.97 Å². The zero-order valence-electron chi connectivity index (χ0n) is 13.1. The fourth-order valence-corrected chi connectivity index (χ4v) is 3.08. The number of carbonyl (C=O) groups excluding carboxylic acids is 1. The van der Waals surface area contributed by atoms with E-state index in [1.807, 2.05) is 0 Å². The summed E-state index contributed by atoms with van der Waals surface area (Å²) >= 11 is 0. The number of hydrogen-bond acceptors (Lipinski definition) is 6. The van der Waals surface area contributed by atoms with E-state index in [0.29, 0.717) is 18.7 Å². The summed E-state index contributed by atoms with van der Waals surface area (Å²) in [5, 5.41) is 20.7. The molecule has 0 aromatic carbocycles. The first-order chi connectivity index (χ1) is 9.82. The topological polar surface area (TPSA) is 79.2 Å². The third-order valence-corrected chi connectivity index (χ3v) is 4.68. The zero-order valence-corrected chi connectivity index (χ0v) is 13.1. The third-order valence-electron chi connectivity index (χ3n) is 4.68. The summed E-state index contributed by atoms with van der Waals surface area (Å²) in [7, 11) is 1.45. The molecule has 6 nitrogen and oxygen atoms in total. The van der Waals surface area contributed by atoms with Crippen LogP contribution in [0.3, 0.4) is 0 Å². The molecule has 2 aliphatic rings. The third kappa shape index (κ3) is 2.73. The van der Waals surface area contributed by atoms with E-state index < -0.39 is 23.8 Å². The lowest BCUT2D eigenvalue weighted by Gasteiger charge is -2.34. The molecule has 2 aliphatic heterocycles. The first kappa shape index (κ1) is 16.4. The lowest BCUT2D eigenvalue weighted by molar-refractivity contribution is -0.184. The van der Waals surface area contributed by atoms with E-state index in [0.717, 1.165) is 6.54 Å². The van der Waals surface area contributed by atoms with Crippen LogP contribution in [0, 0.1) is 5.92 Å². The maximum absolute atomic E-state index is 12.5. The second-order valence-electron chi connectivity index (χ2n) is 6.15. The standard InChI is InChI=1S/C15H25NO5/c1-9(2)15(19,10(3)20-4)14(18)21-12-6-8-16-7-5-11(17)13(12)16/h6,9-11,13,17,19H,5,7-8H2,1-4H3/t10-,11-,13-,15-/m0/s1. The van der Waals surface area contributed by atoms with Gasteiger partial charge in [-0.2, -0.15) is 0 Å². The van der Waals surface area contributed by atoms with Crippen molar-refractivity contribution in [2.45, 2.75) is 51.0 Å². The molecule has 21 heavy (non-hydrogen) atoms. The van der Waals surface area contributed by atoms with E-state index in [4.69, 9.17) is 9.47 Å². The van der Waals surface area contributed by atoms with Crippen molar-refractivity contribution in [3.05, 3.63) is 11.8 Å². The average molecular weight is 299 g/mol. The van der Waals surface area contributed by atoms with Gasteiger partial charge in [0.15, 0.2) is 5.60 Å².